The predicted molar refractivity (Wildman–Crippen MR) is 84.7 cm³/mol. The lowest BCUT2D eigenvalue weighted by molar-refractivity contribution is -0.125. The number of para-hydroxylation sites is 2. The van der Waals surface area contributed by atoms with Crippen molar-refractivity contribution in [2.75, 3.05) is 11.4 Å². The van der Waals surface area contributed by atoms with Crippen molar-refractivity contribution < 1.29 is 14.3 Å². The number of rotatable bonds is 3. The third-order valence-electron chi connectivity index (χ3n) is 3.54. The van der Waals surface area contributed by atoms with Crippen LogP contribution in [0.25, 0.3) is 0 Å². The fraction of sp³-hybridized carbons (Fsp3) is 0.176. The van der Waals surface area contributed by atoms with Crippen molar-refractivity contribution in [1.29, 1.82) is 0 Å². The minimum Gasteiger partial charge on any atom is -0.479 e. The first-order valence-corrected chi connectivity index (χ1v) is 7.30. The van der Waals surface area contributed by atoms with Crippen LogP contribution >= 0.6 is 11.6 Å². The Morgan fingerprint density at radius 2 is 1.86 bits per heavy atom. The number of Topliss-reactive ketones (excluding diaryl/α,β-unsaturated/α-hetero) is 1. The minimum absolute atomic E-state index is 0.0226. The smallest absolute Gasteiger partial charge is 0.268 e. The molecule has 0 spiro atoms. The highest BCUT2D eigenvalue weighted by atomic mass is 35.5. The molecule has 1 heterocycles. The van der Waals surface area contributed by atoms with Crippen molar-refractivity contribution in [2.45, 2.75) is 13.0 Å². The summed E-state index contributed by atoms with van der Waals surface area (Å²) in [6, 6.07) is 13.8. The fourth-order valence-electron chi connectivity index (χ4n) is 2.39. The van der Waals surface area contributed by atoms with Gasteiger partial charge in [-0.2, -0.15) is 0 Å². The van der Waals surface area contributed by atoms with E-state index in [9.17, 15) is 9.59 Å². The average molecular weight is 316 g/mol. The molecule has 0 saturated carbocycles. The Bertz CT molecular complexity index is 727. The van der Waals surface area contributed by atoms with E-state index in [0.717, 1.165) is 0 Å². The van der Waals surface area contributed by atoms with Gasteiger partial charge in [0.15, 0.2) is 11.9 Å². The van der Waals surface area contributed by atoms with E-state index in [1.807, 2.05) is 12.1 Å². The molecule has 5 heteroatoms. The van der Waals surface area contributed by atoms with Crippen LogP contribution in [0.2, 0.25) is 5.02 Å². The number of carbonyl (C=O) groups is 2. The summed E-state index contributed by atoms with van der Waals surface area (Å²) in [7, 11) is 0. The number of hydrogen-bond donors (Lipinski definition) is 0. The Morgan fingerprint density at radius 3 is 2.59 bits per heavy atom. The second-order valence-electron chi connectivity index (χ2n) is 5.08. The number of amides is 1. The number of ketones is 1. The zero-order chi connectivity index (χ0) is 15.7. The lowest BCUT2D eigenvalue weighted by Crippen LogP contribution is -2.46. The van der Waals surface area contributed by atoms with Gasteiger partial charge in [0.05, 0.1) is 12.2 Å². The van der Waals surface area contributed by atoms with Crippen LogP contribution in [0.3, 0.4) is 0 Å². The maximum atomic E-state index is 12.4. The van der Waals surface area contributed by atoms with Crippen molar-refractivity contribution in [3.63, 3.8) is 0 Å². The molecule has 0 saturated heterocycles. The van der Waals surface area contributed by atoms with E-state index in [2.05, 4.69) is 0 Å². The normalized spacial score (nSPS) is 16.9. The highest BCUT2D eigenvalue weighted by Crippen LogP contribution is 2.33. The molecular weight excluding hydrogens is 302 g/mol. The molecule has 0 bridgehead atoms. The summed E-state index contributed by atoms with van der Waals surface area (Å²) < 4.78 is 5.56. The molecule has 1 aliphatic rings. The molecule has 1 atom stereocenters. The van der Waals surface area contributed by atoms with Crippen LogP contribution < -0.4 is 9.64 Å². The monoisotopic (exact) mass is 315 g/mol. The molecule has 2 aromatic rings. The second-order valence-corrected chi connectivity index (χ2v) is 5.52. The van der Waals surface area contributed by atoms with Crippen LogP contribution in [0, 0.1) is 0 Å². The van der Waals surface area contributed by atoms with Crippen molar-refractivity contribution >= 4 is 29.0 Å². The lowest BCUT2D eigenvalue weighted by atomic mass is 10.1. The number of halogens is 1. The summed E-state index contributed by atoms with van der Waals surface area (Å²) in [6.45, 7) is 1.66. The molecule has 0 N–H and O–H groups in total. The highest BCUT2D eigenvalue weighted by molar-refractivity contribution is 6.30. The Hall–Kier alpha value is -2.33. The maximum Gasteiger partial charge on any atom is 0.268 e. The molecule has 112 valence electrons. The number of fused-ring (bicyclic) bond motifs is 1. The van der Waals surface area contributed by atoms with E-state index in [4.69, 9.17) is 16.3 Å². The summed E-state index contributed by atoms with van der Waals surface area (Å²) in [5.74, 6) is 0.244. The van der Waals surface area contributed by atoms with Crippen LogP contribution in [0.4, 0.5) is 5.69 Å². The van der Waals surface area contributed by atoms with Crippen LogP contribution in [0.15, 0.2) is 48.5 Å². The summed E-state index contributed by atoms with van der Waals surface area (Å²) in [6.07, 6.45) is -0.604. The summed E-state index contributed by atoms with van der Waals surface area (Å²) >= 11 is 5.83. The molecule has 1 amide bonds. The van der Waals surface area contributed by atoms with Crippen LogP contribution in [-0.4, -0.2) is 24.3 Å². The number of nitrogens with zero attached hydrogens (tertiary/aromatic N) is 1. The van der Waals surface area contributed by atoms with Gasteiger partial charge in [-0.15, -0.1) is 0 Å². The van der Waals surface area contributed by atoms with Gasteiger partial charge in [0.1, 0.15) is 5.75 Å². The molecule has 1 aliphatic heterocycles. The molecule has 2 aromatic carbocycles. The molecule has 0 radical (unpaired) electrons. The van der Waals surface area contributed by atoms with Gasteiger partial charge in [0, 0.05) is 10.6 Å². The Kier molecular flexibility index (Phi) is 3.86. The molecule has 4 nitrogen and oxygen atoms in total. The molecule has 22 heavy (non-hydrogen) atoms. The molecule has 0 fully saturated rings. The molecular formula is C17H14ClNO3. The van der Waals surface area contributed by atoms with E-state index in [1.165, 1.54) is 4.90 Å². The fourth-order valence-corrected chi connectivity index (χ4v) is 2.52. The van der Waals surface area contributed by atoms with Gasteiger partial charge < -0.3 is 4.74 Å². The highest BCUT2D eigenvalue weighted by Gasteiger charge is 2.32. The molecule has 0 aromatic heterocycles. The molecule has 0 aliphatic carbocycles. The van der Waals surface area contributed by atoms with Crippen molar-refractivity contribution in [1.82, 2.24) is 0 Å². The third kappa shape index (κ3) is 2.70. The Balaban J connectivity index is 1.89. The van der Waals surface area contributed by atoms with Crippen molar-refractivity contribution in [3.05, 3.63) is 59.1 Å². The predicted octanol–water partition coefficient (Wildman–Crippen LogP) is 3.34. The van der Waals surface area contributed by atoms with Crippen LogP contribution in [0.1, 0.15) is 17.3 Å². The number of carbonyl (C=O) groups excluding carboxylic acids is 2. The lowest BCUT2D eigenvalue weighted by Gasteiger charge is -2.32. The minimum atomic E-state index is -0.604. The quantitative estimate of drug-likeness (QED) is 0.816. The first-order valence-electron chi connectivity index (χ1n) is 6.92. The van der Waals surface area contributed by atoms with Gasteiger partial charge in [-0.05, 0) is 43.3 Å². The molecule has 3 rings (SSSR count). The van der Waals surface area contributed by atoms with Crippen molar-refractivity contribution in [3.8, 4) is 5.75 Å². The maximum absolute atomic E-state index is 12.4. The van der Waals surface area contributed by atoms with Crippen molar-refractivity contribution in [2.24, 2.45) is 0 Å². The van der Waals surface area contributed by atoms with E-state index in [-0.39, 0.29) is 18.2 Å². The number of ether oxygens (including phenoxy) is 1. The number of benzene rings is 2. The van der Waals surface area contributed by atoms with Gasteiger partial charge >= 0.3 is 0 Å². The Labute approximate surface area is 133 Å². The van der Waals surface area contributed by atoms with E-state index in [1.54, 1.807) is 43.3 Å². The first kappa shape index (κ1) is 14.6. The zero-order valence-electron chi connectivity index (χ0n) is 12.0. The van der Waals surface area contributed by atoms with Gasteiger partial charge in [-0.3, -0.25) is 14.5 Å². The standard InChI is InChI=1S/C17H14ClNO3/c1-11-17(21)19(14-4-2-3-5-16(14)22-11)10-15(20)12-6-8-13(18)9-7-12/h2-9,11H,10H2,1H3/t11-/m0/s1. The van der Waals surface area contributed by atoms with Gasteiger partial charge in [0.2, 0.25) is 0 Å². The first-order chi connectivity index (χ1) is 10.6. The number of anilines is 1. The van der Waals surface area contributed by atoms with Crippen LogP contribution in [0.5, 0.6) is 5.75 Å². The average Bonchev–Trinajstić information content (AvgIpc) is 2.52. The third-order valence-corrected chi connectivity index (χ3v) is 3.79. The van der Waals surface area contributed by atoms with Gasteiger partial charge in [-0.1, -0.05) is 23.7 Å². The van der Waals surface area contributed by atoms with Gasteiger partial charge in [0.25, 0.3) is 5.91 Å². The number of hydrogen-bond acceptors (Lipinski definition) is 3. The summed E-state index contributed by atoms with van der Waals surface area (Å²) in [5, 5.41) is 0.568. The molecule has 0 unspecified atom stereocenters. The van der Waals surface area contributed by atoms with Gasteiger partial charge in [-0.25, -0.2) is 0 Å². The summed E-state index contributed by atoms with van der Waals surface area (Å²) in [5.41, 5.74) is 1.14. The SMILES string of the molecule is C[C@@H]1Oc2ccccc2N(CC(=O)c2ccc(Cl)cc2)C1=O. The topological polar surface area (TPSA) is 46.6 Å². The van der Waals surface area contributed by atoms with Crippen LogP contribution in [-0.2, 0) is 4.79 Å². The zero-order valence-corrected chi connectivity index (χ0v) is 12.7. The Morgan fingerprint density at radius 1 is 1.18 bits per heavy atom. The largest absolute Gasteiger partial charge is 0.479 e. The van der Waals surface area contributed by atoms with E-state index in [0.29, 0.717) is 22.0 Å². The van der Waals surface area contributed by atoms with E-state index >= 15 is 0 Å². The van der Waals surface area contributed by atoms with E-state index < -0.39 is 6.10 Å². The second kappa shape index (κ2) is 5.81. The summed E-state index contributed by atoms with van der Waals surface area (Å²) in [4.78, 5) is 26.2.